The molecule has 0 saturated carbocycles. The summed E-state index contributed by atoms with van der Waals surface area (Å²) in [7, 11) is 1.65. The van der Waals surface area contributed by atoms with E-state index in [1.165, 1.54) is 0 Å². The lowest BCUT2D eigenvalue weighted by atomic mass is 10.1. The van der Waals surface area contributed by atoms with Crippen molar-refractivity contribution in [2.45, 2.75) is 11.0 Å². The van der Waals surface area contributed by atoms with Crippen molar-refractivity contribution >= 4 is 34.3 Å². The molecule has 2 aromatic rings. The Balaban J connectivity index is 1.85. The van der Waals surface area contributed by atoms with Crippen LogP contribution in [0.4, 0.5) is 0 Å². The lowest BCUT2D eigenvalue weighted by Crippen LogP contribution is -2.30. The van der Waals surface area contributed by atoms with Crippen molar-refractivity contribution in [3.63, 3.8) is 0 Å². The summed E-state index contributed by atoms with van der Waals surface area (Å²) in [5, 5.41) is 2.27. The minimum absolute atomic E-state index is 0.577. The zero-order chi connectivity index (χ0) is 13.2. The molecule has 3 nitrogen and oxygen atoms in total. The second-order valence-electron chi connectivity index (χ2n) is 4.47. The fourth-order valence-electron chi connectivity index (χ4n) is 1.91. The summed E-state index contributed by atoms with van der Waals surface area (Å²) >= 11 is 8.12. The normalized spacial score (nSPS) is 15.5. The van der Waals surface area contributed by atoms with Gasteiger partial charge in [-0.1, -0.05) is 11.6 Å². The minimum Gasteiger partial charge on any atom is -0.497 e. The molecule has 19 heavy (non-hydrogen) atoms. The van der Waals surface area contributed by atoms with Gasteiger partial charge in [0.2, 0.25) is 0 Å². The van der Waals surface area contributed by atoms with Gasteiger partial charge in [-0.05, 0) is 18.2 Å². The molecule has 0 N–H and O–H groups in total. The van der Waals surface area contributed by atoms with Crippen LogP contribution in [-0.2, 0) is 10.5 Å². The second-order valence-corrected chi connectivity index (χ2v) is 6.11. The number of thioether (sulfide) groups is 1. The van der Waals surface area contributed by atoms with E-state index in [0.29, 0.717) is 10.4 Å². The van der Waals surface area contributed by atoms with E-state index in [0.717, 1.165) is 41.2 Å². The number of halogens is 1. The zero-order valence-corrected chi connectivity index (χ0v) is 12.1. The van der Waals surface area contributed by atoms with Gasteiger partial charge in [0.15, 0.2) is 0 Å². The summed E-state index contributed by atoms with van der Waals surface area (Å²) in [6, 6.07) is 7.96. The maximum atomic E-state index is 6.25. The van der Waals surface area contributed by atoms with Crippen molar-refractivity contribution in [1.29, 1.82) is 0 Å². The predicted molar refractivity (Wildman–Crippen MR) is 79.2 cm³/mol. The first-order chi connectivity index (χ1) is 9.26. The highest BCUT2D eigenvalue weighted by Gasteiger charge is 2.19. The quantitative estimate of drug-likeness (QED) is 0.808. The highest BCUT2D eigenvalue weighted by molar-refractivity contribution is 7.99. The topological polar surface area (TPSA) is 31.4 Å². The van der Waals surface area contributed by atoms with Crippen LogP contribution in [0, 0.1) is 0 Å². The second kappa shape index (κ2) is 5.57. The lowest BCUT2D eigenvalue weighted by molar-refractivity contribution is 0.0455. The van der Waals surface area contributed by atoms with Crippen LogP contribution in [0.5, 0.6) is 5.75 Å². The SMILES string of the molecule is COc1ccc2cc(CSC3COC3)c(Cl)nc2c1. The van der Waals surface area contributed by atoms with Crippen LogP contribution in [0.25, 0.3) is 10.9 Å². The van der Waals surface area contributed by atoms with Crippen LogP contribution in [-0.4, -0.2) is 30.6 Å². The molecule has 0 atom stereocenters. The number of aromatic nitrogens is 1. The summed E-state index contributed by atoms with van der Waals surface area (Å²) in [5.74, 6) is 1.67. The van der Waals surface area contributed by atoms with Gasteiger partial charge >= 0.3 is 0 Å². The Labute approximate surface area is 121 Å². The number of hydrogen-bond acceptors (Lipinski definition) is 4. The smallest absolute Gasteiger partial charge is 0.133 e. The molecule has 0 radical (unpaired) electrons. The van der Waals surface area contributed by atoms with Gasteiger partial charge in [0, 0.05) is 22.8 Å². The largest absolute Gasteiger partial charge is 0.497 e. The summed E-state index contributed by atoms with van der Waals surface area (Å²) in [4.78, 5) is 4.45. The molecule has 1 aromatic carbocycles. The molecule has 0 aliphatic carbocycles. The first-order valence-corrected chi connectivity index (χ1v) is 7.51. The molecule has 0 bridgehead atoms. The Kier molecular flexibility index (Phi) is 3.82. The third-order valence-corrected chi connectivity index (χ3v) is 4.68. The average Bonchev–Trinajstić information content (AvgIpc) is 2.37. The van der Waals surface area contributed by atoms with E-state index in [9.17, 15) is 0 Å². The standard InChI is InChI=1S/C14H14ClNO2S/c1-17-11-3-2-9-4-10(8-19-12-6-18-7-12)14(15)16-13(9)5-11/h2-5,12H,6-8H2,1H3. The van der Waals surface area contributed by atoms with E-state index in [-0.39, 0.29) is 0 Å². The molecule has 0 amide bonds. The Morgan fingerprint density at radius 1 is 1.42 bits per heavy atom. The molecule has 1 aliphatic heterocycles. The Bertz CT molecular complexity index is 601. The maximum Gasteiger partial charge on any atom is 0.133 e. The average molecular weight is 296 g/mol. The molecule has 0 unspecified atom stereocenters. The zero-order valence-electron chi connectivity index (χ0n) is 10.6. The van der Waals surface area contributed by atoms with Crippen LogP contribution in [0.3, 0.4) is 0 Å². The van der Waals surface area contributed by atoms with Crippen LogP contribution >= 0.6 is 23.4 Å². The van der Waals surface area contributed by atoms with E-state index in [4.69, 9.17) is 21.1 Å². The van der Waals surface area contributed by atoms with Gasteiger partial charge in [-0.3, -0.25) is 0 Å². The summed E-state index contributed by atoms with van der Waals surface area (Å²) in [6.45, 7) is 1.70. The van der Waals surface area contributed by atoms with Crippen molar-refractivity contribution in [1.82, 2.24) is 4.98 Å². The van der Waals surface area contributed by atoms with Crippen LogP contribution in [0.1, 0.15) is 5.56 Å². The Morgan fingerprint density at radius 3 is 2.95 bits per heavy atom. The first kappa shape index (κ1) is 13.0. The van der Waals surface area contributed by atoms with Gasteiger partial charge < -0.3 is 9.47 Å². The van der Waals surface area contributed by atoms with Crippen molar-refractivity contribution in [2.24, 2.45) is 0 Å². The lowest BCUT2D eigenvalue weighted by Gasteiger charge is -2.25. The highest BCUT2D eigenvalue weighted by Crippen LogP contribution is 2.29. The number of hydrogen-bond donors (Lipinski definition) is 0. The number of nitrogens with zero attached hydrogens (tertiary/aromatic N) is 1. The van der Waals surface area contributed by atoms with Crippen LogP contribution in [0.2, 0.25) is 5.15 Å². The van der Waals surface area contributed by atoms with E-state index in [1.807, 2.05) is 30.0 Å². The molecule has 1 aliphatic rings. The third-order valence-electron chi connectivity index (χ3n) is 3.13. The van der Waals surface area contributed by atoms with Crippen LogP contribution < -0.4 is 4.74 Å². The molecule has 3 rings (SSSR count). The first-order valence-electron chi connectivity index (χ1n) is 6.09. The molecule has 1 fully saturated rings. The van der Waals surface area contributed by atoms with Gasteiger partial charge in [0.1, 0.15) is 10.9 Å². The Hall–Kier alpha value is -0.970. The molecule has 5 heteroatoms. The number of benzene rings is 1. The van der Waals surface area contributed by atoms with Gasteiger partial charge in [-0.25, -0.2) is 4.98 Å². The van der Waals surface area contributed by atoms with Crippen LogP contribution in [0.15, 0.2) is 24.3 Å². The summed E-state index contributed by atoms with van der Waals surface area (Å²) in [5.41, 5.74) is 1.95. The van der Waals surface area contributed by atoms with E-state index in [2.05, 4.69) is 11.1 Å². The number of rotatable bonds is 4. The fraction of sp³-hybridized carbons (Fsp3) is 0.357. The predicted octanol–water partition coefficient (Wildman–Crippen LogP) is 3.53. The Morgan fingerprint density at radius 2 is 2.26 bits per heavy atom. The molecule has 100 valence electrons. The van der Waals surface area contributed by atoms with Gasteiger partial charge in [-0.15, -0.1) is 11.8 Å². The monoisotopic (exact) mass is 295 g/mol. The minimum atomic E-state index is 0.577. The van der Waals surface area contributed by atoms with Gasteiger partial charge in [-0.2, -0.15) is 0 Å². The third kappa shape index (κ3) is 2.81. The van der Waals surface area contributed by atoms with E-state index < -0.39 is 0 Å². The molecular weight excluding hydrogens is 282 g/mol. The summed E-state index contributed by atoms with van der Waals surface area (Å²) in [6.07, 6.45) is 0. The van der Waals surface area contributed by atoms with Crippen molar-refractivity contribution in [2.75, 3.05) is 20.3 Å². The number of ether oxygens (including phenoxy) is 2. The maximum absolute atomic E-state index is 6.25. The molecule has 0 spiro atoms. The van der Waals surface area contributed by atoms with E-state index in [1.54, 1.807) is 7.11 Å². The fourth-order valence-corrected chi connectivity index (χ4v) is 3.23. The van der Waals surface area contributed by atoms with E-state index >= 15 is 0 Å². The number of methoxy groups -OCH3 is 1. The molecule has 1 saturated heterocycles. The molecular formula is C14H14ClNO2S. The number of pyridine rings is 1. The molecule has 2 heterocycles. The van der Waals surface area contributed by atoms with Crippen molar-refractivity contribution in [3.05, 3.63) is 35.0 Å². The summed E-state index contributed by atoms with van der Waals surface area (Å²) < 4.78 is 10.4. The molecule has 1 aromatic heterocycles. The van der Waals surface area contributed by atoms with Gasteiger partial charge in [0.25, 0.3) is 0 Å². The van der Waals surface area contributed by atoms with Crippen molar-refractivity contribution in [3.8, 4) is 5.75 Å². The van der Waals surface area contributed by atoms with Gasteiger partial charge in [0.05, 0.1) is 31.1 Å². The highest BCUT2D eigenvalue weighted by atomic mass is 35.5. The van der Waals surface area contributed by atoms with Crippen molar-refractivity contribution < 1.29 is 9.47 Å². The number of fused-ring (bicyclic) bond motifs is 1.